The molecule has 0 fully saturated rings. The lowest BCUT2D eigenvalue weighted by molar-refractivity contribution is 0.603. The third kappa shape index (κ3) is 12.3. The molecule has 0 spiro atoms. The quantitative estimate of drug-likeness (QED) is 0.333. The Morgan fingerprint density at radius 2 is 1.80 bits per heavy atom. The van der Waals surface area contributed by atoms with Crippen LogP contribution in [0, 0.1) is 0 Å². The zero-order chi connectivity index (χ0) is 10.8. The van der Waals surface area contributed by atoms with Crippen LogP contribution in [-0.4, -0.2) is 43.5 Å². The molecule has 0 heterocycles. The molecule has 0 aromatic carbocycles. The number of thioether (sulfide) groups is 1. The SMILES string of the molecule is CSCCCCCCN=C(N)N(C)C.I. The Labute approximate surface area is 115 Å². The monoisotopic (exact) mass is 345 g/mol. The molecule has 0 aromatic rings. The highest BCUT2D eigenvalue weighted by Crippen LogP contribution is 2.04. The predicted octanol–water partition coefficient (Wildman–Crippen LogP) is 2.40. The van der Waals surface area contributed by atoms with E-state index in [1.807, 2.05) is 30.8 Å². The summed E-state index contributed by atoms with van der Waals surface area (Å²) in [4.78, 5) is 6.10. The van der Waals surface area contributed by atoms with Crippen LogP contribution in [0.15, 0.2) is 4.99 Å². The molecule has 0 saturated carbocycles. The molecule has 92 valence electrons. The lowest BCUT2D eigenvalue weighted by atomic mass is 10.2. The van der Waals surface area contributed by atoms with Gasteiger partial charge in [0.25, 0.3) is 0 Å². The van der Waals surface area contributed by atoms with Crippen LogP contribution in [0.3, 0.4) is 0 Å². The van der Waals surface area contributed by atoms with Crippen molar-refractivity contribution in [2.45, 2.75) is 25.7 Å². The first-order valence-electron chi connectivity index (χ1n) is 5.14. The number of nitrogens with two attached hydrogens (primary N) is 1. The molecule has 0 saturated heterocycles. The van der Waals surface area contributed by atoms with E-state index in [0.29, 0.717) is 5.96 Å². The van der Waals surface area contributed by atoms with Crippen molar-refractivity contribution in [3.63, 3.8) is 0 Å². The number of halogens is 1. The average molecular weight is 345 g/mol. The van der Waals surface area contributed by atoms with Crippen molar-refractivity contribution in [2.75, 3.05) is 32.6 Å². The number of unbranched alkanes of at least 4 members (excludes halogenated alkanes) is 3. The van der Waals surface area contributed by atoms with Gasteiger partial charge in [-0.25, -0.2) is 0 Å². The van der Waals surface area contributed by atoms with E-state index in [2.05, 4.69) is 11.2 Å². The topological polar surface area (TPSA) is 41.6 Å². The molecule has 0 bridgehead atoms. The van der Waals surface area contributed by atoms with Crippen molar-refractivity contribution in [1.29, 1.82) is 0 Å². The number of aliphatic imine (C=N–C) groups is 1. The molecule has 5 heteroatoms. The number of guanidine groups is 1. The highest BCUT2D eigenvalue weighted by Gasteiger charge is 1.93. The van der Waals surface area contributed by atoms with Crippen LogP contribution in [0.5, 0.6) is 0 Å². The van der Waals surface area contributed by atoms with E-state index < -0.39 is 0 Å². The van der Waals surface area contributed by atoms with E-state index in [1.165, 1.54) is 25.0 Å². The van der Waals surface area contributed by atoms with Gasteiger partial charge in [-0.1, -0.05) is 12.8 Å². The van der Waals surface area contributed by atoms with Crippen LogP contribution < -0.4 is 5.73 Å². The minimum Gasteiger partial charge on any atom is -0.370 e. The highest BCUT2D eigenvalue weighted by molar-refractivity contribution is 14.0. The van der Waals surface area contributed by atoms with Crippen molar-refractivity contribution in [1.82, 2.24) is 4.90 Å². The van der Waals surface area contributed by atoms with Crippen molar-refractivity contribution >= 4 is 41.7 Å². The second kappa shape index (κ2) is 12.4. The van der Waals surface area contributed by atoms with Crippen molar-refractivity contribution in [3.8, 4) is 0 Å². The molecule has 0 rings (SSSR count). The van der Waals surface area contributed by atoms with Gasteiger partial charge in [0, 0.05) is 20.6 Å². The van der Waals surface area contributed by atoms with Crippen molar-refractivity contribution < 1.29 is 0 Å². The second-order valence-electron chi connectivity index (χ2n) is 3.54. The summed E-state index contributed by atoms with van der Waals surface area (Å²) in [6.07, 6.45) is 7.22. The van der Waals surface area contributed by atoms with E-state index in [1.54, 1.807) is 0 Å². The van der Waals surface area contributed by atoms with Crippen LogP contribution in [0.25, 0.3) is 0 Å². The van der Waals surface area contributed by atoms with Crippen molar-refractivity contribution in [3.05, 3.63) is 0 Å². The minimum absolute atomic E-state index is 0. The second-order valence-corrected chi connectivity index (χ2v) is 4.53. The average Bonchev–Trinajstić information content (AvgIpc) is 2.16. The van der Waals surface area contributed by atoms with E-state index >= 15 is 0 Å². The third-order valence-corrected chi connectivity index (χ3v) is 2.69. The molecular formula is C10H24IN3S. The summed E-state index contributed by atoms with van der Waals surface area (Å²) < 4.78 is 0. The van der Waals surface area contributed by atoms with Gasteiger partial charge >= 0.3 is 0 Å². The maximum Gasteiger partial charge on any atom is 0.190 e. The molecule has 15 heavy (non-hydrogen) atoms. The first-order valence-corrected chi connectivity index (χ1v) is 6.54. The van der Waals surface area contributed by atoms with Gasteiger partial charge in [-0.15, -0.1) is 24.0 Å². The number of hydrogen-bond acceptors (Lipinski definition) is 2. The van der Waals surface area contributed by atoms with E-state index in [4.69, 9.17) is 5.73 Å². The zero-order valence-electron chi connectivity index (χ0n) is 10.0. The fourth-order valence-corrected chi connectivity index (χ4v) is 1.54. The largest absolute Gasteiger partial charge is 0.370 e. The van der Waals surface area contributed by atoms with Gasteiger partial charge in [0.05, 0.1) is 0 Å². The highest BCUT2D eigenvalue weighted by atomic mass is 127. The Hall–Kier alpha value is 0.350. The molecule has 0 aliphatic carbocycles. The van der Waals surface area contributed by atoms with Gasteiger partial charge < -0.3 is 10.6 Å². The van der Waals surface area contributed by atoms with Crippen LogP contribution >= 0.6 is 35.7 Å². The standard InChI is InChI=1S/C10H23N3S.HI/c1-13(2)10(11)12-8-6-4-5-7-9-14-3;/h4-9H2,1-3H3,(H2,11,12);1H. The number of hydrogen-bond donors (Lipinski definition) is 1. The summed E-state index contributed by atoms with van der Waals surface area (Å²) in [6.45, 7) is 0.864. The first-order chi connectivity index (χ1) is 6.68. The molecule has 3 nitrogen and oxygen atoms in total. The molecule has 0 unspecified atom stereocenters. The summed E-state index contributed by atoms with van der Waals surface area (Å²) in [5, 5.41) is 0. The van der Waals surface area contributed by atoms with Crippen LogP contribution in [0.4, 0.5) is 0 Å². The fourth-order valence-electron chi connectivity index (χ4n) is 1.05. The van der Waals surface area contributed by atoms with Gasteiger partial charge in [-0.2, -0.15) is 11.8 Å². The molecular weight excluding hydrogens is 321 g/mol. The Morgan fingerprint density at radius 3 is 2.33 bits per heavy atom. The maximum absolute atomic E-state index is 5.65. The Bertz CT molecular complexity index is 163. The molecule has 2 N–H and O–H groups in total. The third-order valence-electron chi connectivity index (χ3n) is 1.99. The van der Waals surface area contributed by atoms with Gasteiger partial charge in [-0.05, 0) is 24.9 Å². The van der Waals surface area contributed by atoms with Gasteiger partial charge in [0.15, 0.2) is 5.96 Å². The first kappa shape index (κ1) is 17.7. The van der Waals surface area contributed by atoms with Gasteiger partial charge in [0.1, 0.15) is 0 Å². The molecule has 0 aliphatic rings. The summed E-state index contributed by atoms with van der Waals surface area (Å²) in [7, 11) is 3.83. The van der Waals surface area contributed by atoms with Crippen LogP contribution in [0.1, 0.15) is 25.7 Å². The molecule has 0 atom stereocenters. The van der Waals surface area contributed by atoms with Crippen LogP contribution in [0.2, 0.25) is 0 Å². The Balaban J connectivity index is 0. The lowest BCUT2D eigenvalue weighted by Gasteiger charge is -2.10. The zero-order valence-corrected chi connectivity index (χ0v) is 13.2. The number of nitrogens with zero attached hydrogens (tertiary/aromatic N) is 2. The lowest BCUT2D eigenvalue weighted by Crippen LogP contribution is -2.30. The van der Waals surface area contributed by atoms with Crippen molar-refractivity contribution in [2.24, 2.45) is 10.7 Å². The summed E-state index contributed by atoms with van der Waals surface area (Å²) in [5.41, 5.74) is 5.65. The predicted molar refractivity (Wildman–Crippen MR) is 82.4 cm³/mol. The van der Waals surface area contributed by atoms with Gasteiger partial charge in [-0.3, -0.25) is 4.99 Å². The van der Waals surface area contributed by atoms with Gasteiger partial charge in [0.2, 0.25) is 0 Å². The number of rotatable bonds is 7. The fraction of sp³-hybridized carbons (Fsp3) is 0.900. The van der Waals surface area contributed by atoms with E-state index in [-0.39, 0.29) is 24.0 Å². The normalized spacial score (nSPS) is 11.0. The van der Waals surface area contributed by atoms with E-state index in [9.17, 15) is 0 Å². The summed E-state index contributed by atoms with van der Waals surface area (Å²) in [5.74, 6) is 1.91. The summed E-state index contributed by atoms with van der Waals surface area (Å²) >= 11 is 1.92. The minimum atomic E-state index is 0. The smallest absolute Gasteiger partial charge is 0.190 e. The van der Waals surface area contributed by atoms with Crippen LogP contribution in [-0.2, 0) is 0 Å². The molecule has 0 radical (unpaired) electrons. The molecule has 0 amide bonds. The van der Waals surface area contributed by atoms with E-state index in [0.717, 1.165) is 13.0 Å². The molecule has 0 aliphatic heterocycles. The molecule has 0 aromatic heterocycles. The Morgan fingerprint density at radius 1 is 1.20 bits per heavy atom. The maximum atomic E-state index is 5.65. The summed E-state index contributed by atoms with van der Waals surface area (Å²) in [6, 6.07) is 0. The Kier molecular flexibility index (Phi) is 14.7.